The maximum Gasteiger partial charge on any atom is 0.310 e. The Hall–Kier alpha value is -1.02. The molecule has 1 nitrogen and oxygen atoms in total. The average molecular weight is 318 g/mol. The van der Waals surface area contributed by atoms with Gasteiger partial charge in [-0.15, -0.1) is 0 Å². The minimum atomic E-state index is -9.63. The van der Waals surface area contributed by atoms with E-state index in [0.717, 1.165) is 17.8 Å². The zero-order chi connectivity index (χ0) is 14.8. The van der Waals surface area contributed by atoms with Crippen LogP contribution in [0, 0.1) is 0 Å². The van der Waals surface area contributed by atoms with Gasteiger partial charge in [0.2, 0.25) is 0 Å². The Morgan fingerprint density at radius 2 is 1.89 bits per heavy atom. The maximum atomic E-state index is 12.5. The van der Waals surface area contributed by atoms with Crippen LogP contribution in [0.5, 0.6) is 0 Å². The molecule has 0 saturated heterocycles. The number of carbonyl (C=O) groups is 1. The van der Waals surface area contributed by atoms with Gasteiger partial charge in [0.15, 0.2) is 5.12 Å². The van der Waals surface area contributed by atoms with Crippen molar-refractivity contribution in [1.29, 1.82) is 0 Å². The second kappa shape index (κ2) is 4.52. The lowest BCUT2D eigenvalue weighted by atomic mass is 10.2. The summed E-state index contributed by atoms with van der Waals surface area (Å²) in [6, 6.07) is 2.95. The van der Waals surface area contributed by atoms with Crippen molar-refractivity contribution in [3.8, 4) is 0 Å². The van der Waals surface area contributed by atoms with Crippen molar-refractivity contribution < 1.29 is 24.2 Å². The summed E-state index contributed by atoms with van der Waals surface area (Å²) in [4.78, 5) is 8.70. The van der Waals surface area contributed by atoms with E-state index in [-0.39, 0.29) is 16.4 Å². The van der Waals surface area contributed by atoms with E-state index < -0.39 is 15.1 Å². The van der Waals surface area contributed by atoms with Gasteiger partial charge in [-0.2, -0.15) is 0 Å². The van der Waals surface area contributed by atoms with Gasteiger partial charge in [-0.1, -0.05) is 55.5 Å². The first-order chi connectivity index (χ1) is 8.38. The highest BCUT2D eigenvalue weighted by atomic mass is 32.5. The molecule has 0 bridgehead atoms. The molecule has 19 heavy (non-hydrogen) atoms. The highest BCUT2D eigenvalue weighted by Gasteiger charge is 2.65. The maximum absolute atomic E-state index is 12.5. The second-order valence-corrected chi connectivity index (χ2v) is 7.35. The molecule has 0 atom stereocenters. The van der Waals surface area contributed by atoms with E-state index in [0.29, 0.717) is 12.1 Å². The Balaban J connectivity index is 2.94. The van der Waals surface area contributed by atoms with Gasteiger partial charge in [0.25, 0.3) is 0 Å². The fraction of sp³-hybridized carbons (Fsp3) is 0.182. The molecule has 0 fully saturated rings. The van der Waals surface area contributed by atoms with Gasteiger partial charge in [-0.05, 0) is 17.7 Å². The van der Waals surface area contributed by atoms with Gasteiger partial charge in [0.05, 0.1) is 0 Å². The summed E-state index contributed by atoms with van der Waals surface area (Å²) in [5.74, 6) is 0.274. The lowest BCUT2D eigenvalue weighted by Crippen LogP contribution is -2.05. The van der Waals surface area contributed by atoms with Crippen molar-refractivity contribution in [3.05, 3.63) is 35.9 Å². The number of carbonyl (C=O) groups excluding carboxylic acids is 1. The number of hydrogen-bond acceptors (Lipinski definition) is 2. The minimum Gasteiger partial charge on any atom is -0.288 e. The quantitative estimate of drug-likeness (QED) is 0.669. The molecular weight excluding hydrogens is 307 g/mol. The smallest absolute Gasteiger partial charge is 0.288 e. The number of rotatable bonds is 4. The molecule has 0 aliphatic rings. The molecule has 0 spiro atoms. The average Bonchev–Trinajstić information content (AvgIpc) is 2.21. The van der Waals surface area contributed by atoms with E-state index in [1.165, 1.54) is 25.1 Å². The van der Waals surface area contributed by atoms with E-state index >= 15 is 0 Å². The predicted octanol–water partition coefficient (Wildman–Crippen LogP) is 5.64. The second-order valence-electron chi connectivity index (χ2n) is 3.75. The van der Waals surface area contributed by atoms with E-state index in [1.807, 2.05) is 0 Å². The van der Waals surface area contributed by atoms with Crippen LogP contribution < -0.4 is 0 Å². The SMILES string of the molecule is CC(=O)SCC=Cc1cccc(S(F)(F)(F)(F)F)c1. The van der Waals surface area contributed by atoms with Crippen LogP contribution in [-0.2, 0) is 4.79 Å². The molecule has 8 heteroatoms. The van der Waals surface area contributed by atoms with Gasteiger partial charge in [0.1, 0.15) is 4.90 Å². The van der Waals surface area contributed by atoms with Crippen LogP contribution in [0.1, 0.15) is 12.5 Å². The molecule has 0 radical (unpaired) electrons. The Kier molecular flexibility index (Phi) is 3.81. The third kappa shape index (κ3) is 5.65. The van der Waals surface area contributed by atoms with Gasteiger partial charge in [-0.25, -0.2) is 0 Å². The van der Waals surface area contributed by atoms with Crippen molar-refractivity contribution in [2.24, 2.45) is 0 Å². The molecule has 0 N–H and O–H groups in total. The number of halogens is 5. The fourth-order valence-electron chi connectivity index (χ4n) is 1.21. The van der Waals surface area contributed by atoms with Gasteiger partial charge >= 0.3 is 10.2 Å². The molecule has 0 aliphatic carbocycles. The van der Waals surface area contributed by atoms with Crippen molar-refractivity contribution in [1.82, 2.24) is 0 Å². The van der Waals surface area contributed by atoms with Crippen LogP contribution in [-0.4, -0.2) is 10.9 Å². The largest absolute Gasteiger partial charge is 0.310 e. The summed E-state index contributed by atoms with van der Waals surface area (Å²) in [6.07, 6.45) is 2.71. The molecule has 0 unspecified atom stereocenters. The minimum absolute atomic E-state index is 0.00917. The Morgan fingerprint density at radius 3 is 2.42 bits per heavy atom. The van der Waals surface area contributed by atoms with E-state index in [1.54, 1.807) is 0 Å². The summed E-state index contributed by atoms with van der Waals surface area (Å²) >= 11 is 0.970. The van der Waals surface area contributed by atoms with Crippen molar-refractivity contribution in [2.75, 3.05) is 5.75 Å². The van der Waals surface area contributed by atoms with Crippen molar-refractivity contribution in [2.45, 2.75) is 11.8 Å². The number of thioether (sulfide) groups is 1. The highest BCUT2D eigenvalue weighted by Crippen LogP contribution is 3.02. The molecule has 1 aromatic carbocycles. The lowest BCUT2D eigenvalue weighted by molar-refractivity contribution is -0.109. The molecule has 108 valence electrons. The zero-order valence-corrected chi connectivity index (χ0v) is 11.4. The van der Waals surface area contributed by atoms with Crippen molar-refractivity contribution >= 4 is 33.2 Å². The standard InChI is InChI=1S/C11H11F5OS2/c1-9(17)18-7-3-5-10-4-2-6-11(8-10)19(12,13,14,15)16/h2-6,8H,7H2,1H3. The third-order valence-electron chi connectivity index (χ3n) is 2.00. The van der Waals surface area contributed by atoms with Gasteiger partial charge in [-0.3, -0.25) is 4.79 Å². The summed E-state index contributed by atoms with van der Waals surface area (Å²) < 4.78 is 62.7. The molecule has 1 rings (SSSR count). The van der Waals surface area contributed by atoms with E-state index in [2.05, 4.69) is 0 Å². The first-order valence-corrected chi connectivity index (χ1v) is 7.96. The third-order valence-corrected chi connectivity index (χ3v) is 3.91. The van der Waals surface area contributed by atoms with Crippen LogP contribution in [0.4, 0.5) is 19.4 Å². The van der Waals surface area contributed by atoms with E-state index in [9.17, 15) is 24.2 Å². The predicted molar refractivity (Wildman–Crippen MR) is 70.0 cm³/mol. The highest BCUT2D eigenvalue weighted by molar-refractivity contribution is 8.45. The lowest BCUT2D eigenvalue weighted by Gasteiger charge is -2.40. The van der Waals surface area contributed by atoms with E-state index in [4.69, 9.17) is 0 Å². The molecule has 0 heterocycles. The van der Waals surface area contributed by atoms with Crippen LogP contribution >= 0.6 is 22.0 Å². The normalized spacial score (nSPS) is 16.1. The Labute approximate surface area is 111 Å². The first kappa shape index (κ1) is 16.0. The molecule has 1 aromatic rings. The van der Waals surface area contributed by atoms with Gasteiger partial charge in [0, 0.05) is 12.7 Å². The summed E-state index contributed by atoms with van der Waals surface area (Å²) in [5, 5.41) is -0.134. The molecular formula is C11H11F5OS2. The van der Waals surface area contributed by atoms with Crippen LogP contribution in [0.25, 0.3) is 6.08 Å². The first-order valence-electron chi connectivity index (χ1n) is 5.02. The van der Waals surface area contributed by atoms with Crippen LogP contribution in [0.2, 0.25) is 0 Å². The summed E-state index contributed by atoms with van der Waals surface area (Å²) in [6.45, 7) is 1.35. The molecule has 0 saturated carbocycles. The fourth-order valence-corrected chi connectivity index (χ4v) is 2.33. The Morgan fingerprint density at radius 1 is 1.26 bits per heavy atom. The van der Waals surface area contributed by atoms with Crippen LogP contribution in [0.15, 0.2) is 35.2 Å². The monoisotopic (exact) mass is 318 g/mol. The van der Waals surface area contributed by atoms with Gasteiger partial charge < -0.3 is 0 Å². The topological polar surface area (TPSA) is 17.1 Å². The Bertz CT molecular complexity index is 521. The van der Waals surface area contributed by atoms with Crippen molar-refractivity contribution in [3.63, 3.8) is 0 Å². The summed E-state index contributed by atoms with van der Waals surface area (Å²) in [7, 11) is -9.63. The summed E-state index contributed by atoms with van der Waals surface area (Å²) in [5.41, 5.74) is 0.00917. The number of benzene rings is 1. The number of hydrogen-bond donors (Lipinski definition) is 0. The molecule has 0 amide bonds. The molecule has 0 aliphatic heterocycles. The molecule has 0 aromatic heterocycles. The van der Waals surface area contributed by atoms with Crippen LogP contribution in [0.3, 0.4) is 0 Å². The zero-order valence-electron chi connectivity index (χ0n) is 9.79.